The first-order valence-corrected chi connectivity index (χ1v) is 10.6. The van der Waals surface area contributed by atoms with Crippen molar-refractivity contribution in [3.05, 3.63) is 29.8 Å². The number of likely N-dealkylation sites (tertiary alicyclic amines) is 1. The number of sulfonamides is 1. The maximum atomic E-state index is 12.4. The molecule has 0 spiro atoms. The molecule has 1 fully saturated rings. The van der Waals surface area contributed by atoms with Crippen LogP contribution in [0.5, 0.6) is 0 Å². The standard InChI is InChI=1S/C18H29N3O4S/c1-3-4-12-21-13-6-5-7-16(21)14-19-18(22)15-8-10-17(11-9-15)26(23,24)20-25-2/h8-11,16,20H,3-7,12-14H2,1-2H3,(H,19,22). The minimum Gasteiger partial charge on any atom is -0.350 e. The molecular weight excluding hydrogens is 354 g/mol. The van der Waals surface area contributed by atoms with Crippen molar-refractivity contribution < 1.29 is 18.0 Å². The van der Waals surface area contributed by atoms with Crippen LogP contribution >= 0.6 is 0 Å². The number of hydrogen-bond acceptors (Lipinski definition) is 5. The zero-order valence-corrected chi connectivity index (χ0v) is 16.3. The second-order valence-electron chi connectivity index (χ2n) is 6.56. The third-order valence-corrected chi connectivity index (χ3v) is 5.94. The molecule has 0 aromatic heterocycles. The zero-order valence-electron chi connectivity index (χ0n) is 15.5. The van der Waals surface area contributed by atoms with Crippen LogP contribution in [-0.4, -0.2) is 52.0 Å². The number of rotatable bonds is 9. The highest BCUT2D eigenvalue weighted by atomic mass is 32.2. The van der Waals surface area contributed by atoms with Crippen molar-refractivity contribution >= 4 is 15.9 Å². The first kappa shape index (κ1) is 20.8. The summed E-state index contributed by atoms with van der Waals surface area (Å²) in [6.07, 6.45) is 5.87. The molecule has 1 aliphatic heterocycles. The number of piperidine rings is 1. The lowest BCUT2D eigenvalue weighted by Gasteiger charge is -2.35. The summed E-state index contributed by atoms with van der Waals surface area (Å²) >= 11 is 0. The average molecular weight is 384 g/mol. The van der Waals surface area contributed by atoms with Crippen molar-refractivity contribution in [2.45, 2.75) is 50.0 Å². The zero-order chi connectivity index (χ0) is 19.0. The van der Waals surface area contributed by atoms with Crippen molar-refractivity contribution in [1.29, 1.82) is 0 Å². The van der Waals surface area contributed by atoms with E-state index < -0.39 is 10.0 Å². The smallest absolute Gasteiger partial charge is 0.262 e. The van der Waals surface area contributed by atoms with E-state index in [9.17, 15) is 13.2 Å². The van der Waals surface area contributed by atoms with E-state index in [2.05, 4.69) is 22.0 Å². The summed E-state index contributed by atoms with van der Waals surface area (Å²) in [6, 6.07) is 6.18. The van der Waals surface area contributed by atoms with E-state index >= 15 is 0 Å². The molecule has 2 rings (SSSR count). The number of amides is 1. The van der Waals surface area contributed by atoms with Gasteiger partial charge in [-0.3, -0.25) is 14.5 Å². The fourth-order valence-electron chi connectivity index (χ4n) is 3.20. The molecule has 0 saturated carbocycles. The van der Waals surface area contributed by atoms with Gasteiger partial charge in [-0.1, -0.05) is 24.7 Å². The van der Waals surface area contributed by atoms with E-state index in [4.69, 9.17) is 0 Å². The molecule has 1 aromatic carbocycles. The molecule has 0 radical (unpaired) electrons. The van der Waals surface area contributed by atoms with Gasteiger partial charge in [-0.05, 0) is 56.6 Å². The molecule has 1 aromatic rings. The van der Waals surface area contributed by atoms with Crippen LogP contribution in [0.1, 0.15) is 49.4 Å². The Morgan fingerprint density at radius 2 is 2.00 bits per heavy atom. The molecule has 1 atom stereocenters. The highest BCUT2D eigenvalue weighted by Gasteiger charge is 2.22. The van der Waals surface area contributed by atoms with Gasteiger partial charge in [0.2, 0.25) is 0 Å². The maximum absolute atomic E-state index is 12.4. The van der Waals surface area contributed by atoms with Crippen LogP contribution in [0.4, 0.5) is 0 Å². The quantitative estimate of drug-likeness (QED) is 0.636. The van der Waals surface area contributed by atoms with E-state index in [-0.39, 0.29) is 10.8 Å². The third kappa shape index (κ3) is 5.77. The summed E-state index contributed by atoms with van der Waals surface area (Å²) in [4.78, 5) is 21.3. The number of nitrogens with zero attached hydrogens (tertiary/aromatic N) is 1. The first-order valence-electron chi connectivity index (χ1n) is 9.15. The molecule has 1 heterocycles. The Morgan fingerprint density at radius 1 is 1.27 bits per heavy atom. The van der Waals surface area contributed by atoms with Crippen LogP contribution in [-0.2, 0) is 14.9 Å². The maximum Gasteiger partial charge on any atom is 0.262 e. The van der Waals surface area contributed by atoms with Gasteiger partial charge in [0.15, 0.2) is 0 Å². The number of carbonyl (C=O) groups is 1. The largest absolute Gasteiger partial charge is 0.350 e. The van der Waals surface area contributed by atoms with Gasteiger partial charge >= 0.3 is 0 Å². The summed E-state index contributed by atoms with van der Waals surface area (Å²) < 4.78 is 23.7. The molecule has 0 bridgehead atoms. The molecule has 26 heavy (non-hydrogen) atoms. The fraction of sp³-hybridized carbons (Fsp3) is 0.611. The summed E-state index contributed by atoms with van der Waals surface area (Å²) in [7, 11) is -2.48. The van der Waals surface area contributed by atoms with Crippen LogP contribution in [0, 0.1) is 0 Å². The van der Waals surface area contributed by atoms with Crippen molar-refractivity contribution in [2.75, 3.05) is 26.7 Å². The van der Waals surface area contributed by atoms with E-state index in [1.165, 1.54) is 57.1 Å². The lowest BCUT2D eigenvalue weighted by Crippen LogP contribution is -2.47. The Bertz CT molecular complexity index is 676. The molecule has 0 aliphatic carbocycles. The molecule has 7 nitrogen and oxygen atoms in total. The Hall–Kier alpha value is -1.48. The number of unbranched alkanes of at least 4 members (excludes halogenated alkanes) is 1. The Kier molecular flexibility index (Phi) is 8.02. The molecule has 1 saturated heterocycles. The van der Waals surface area contributed by atoms with E-state index in [1.54, 1.807) is 0 Å². The number of carbonyl (C=O) groups excluding carboxylic acids is 1. The minimum atomic E-state index is -3.71. The van der Waals surface area contributed by atoms with Crippen molar-refractivity contribution in [3.8, 4) is 0 Å². The van der Waals surface area contributed by atoms with Crippen LogP contribution in [0.3, 0.4) is 0 Å². The second kappa shape index (κ2) is 10.0. The van der Waals surface area contributed by atoms with Gasteiger partial charge in [0.1, 0.15) is 0 Å². The first-order chi connectivity index (χ1) is 12.5. The number of benzene rings is 1. The van der Waals surface area contributed by atoms with Gasteiger partial charge in [-0.25, -0.2) is 8.42 Å². The molecule has 1 aliphatic rings. The molecule has 146 valence electrons. The number of hydrogen-bond donors (Lipinski definition) is 2. The van der Waals surface area contributed by atoms with E-state index in [0.29, 0.717) is 18.2 Å². The summed E-state index contributed by atoms with van der Waals surface area (Å²) in [5, 5.41) is 2.99. The fourth-order valence-corrected chi connectivity index (χ4v) is 4.01. The lowest BCUT2D eigenvalue weighted by molar-refractivity contribution is 0.0912. The Balaban J connectivity index is 1.92. The normalized spacial score (nSPS) is 18.6. The van der Waals surface area contributed by atoms with E-state index in [1.807, 2.05) is 4.89 Å². The van der Waals surface area contributed by atoms with Gasteiger partial charge < -0.3 is 5.32 Å². The highest BCUT2D eigenvalue weighted by molar-refractivity contribution is 7.89. The van der Waals surface area contributed by atoms with Gasteiger partial charge in [-0.15, -0.1) is 0 Å². The number of nitrogens with one attached hydrogen (secondary N) is 2. The molecule has 8 heteroatoms. The second-order valence-corrected chi connectivity index (χ2v) is 8.21. The van der Waals surface area contributed by atoms with Crippen molar-refractivity contribution in [2.24, 2.45) is 0 Å². The predicted molar refractivity (Wildman–Crippen MR) is 100 cm³/mol. The lowest BCUT2D eigenvalue weighted by atomic mass is 10.0. The summed E-state index contributed by atoms with van der Waals surface area (Å²) in [5.74, 6) is -0.185. The monoisotopic (exact) mass is 383 g/mol. The molecule has 1 unspecified atom stereocenters. The van der Waals surface area contributed by atoms with Gasteiger partial charge in [0.25, 0.3) is 15.9 Å². The van der Waals surface area contributed by atoms with Crippen molar-refractivity contribution in [1.82, 2.24) is 15.1 Å². The average Bonchev–Trinajstić information content (AvgIpc) is 2.65. The van der Waals surface area contributed by atoms with Gasteiger partial charge in [0, 0.05) is 18.2 Å². The predicted octanol–water partition coefficient (Wildman–Crippen LogP) is 1.91. The van der Waals surface area contributed by atoms with Crippen LogP contribution in [0.25, 0.3) is 0 Å². The van der Waals surface area contributed by atoms with Gasteiger partial charge in [0.05, 0.1) is 12.0 Å². The Labute approximate surface area is 156 Å². The molecule has 1 amide bonds. The van der Waals surface area contributed by atoms with Crippen molar-refractivity contribution in [3.63, 3.8) is 0 Å². The van der Waals surface area contributed by atoms with Crippen LogP contribution in [0.2, 0.25) is 0 Å². The van der Waals surface area contributed by atoms with E-state index in [0.717, 1.165) is 19.5 Å². The van der Waals surface area contributed by atoms with Gasteiger partial charge in [-0.2, -0.15) is 0 Å². The topological polar surface area (TPSA) is 87.7 Å². The third-order valence-electron chi connectivity index (χ3n) is 4.67. The highest BCUT2D eigenvalue weighted by Crippen LogP contribution is 2.17. The minimum absolute atomic E-state index is 0.0499. The SMILES string of the molecule is CCCCN1CCCCC1CNC(=O)c1ccc(S(=O)(=O)NOC)cc1. The van der Waals surface area contributed by atoms with Crippen LogP contribution < -0.4 is 10.2 Å². The van der Waals surface area contributed by atoms with Crippen LogP contribution in [0.15, 0.2) is 29.2 Å². The molecular formula is C18H29N3O4S. The molecule has 2 N–H and O–H groups in total. The summed E-state index contributed by atoms with van der Waals surface area (Å²) in [6.45, 7) is 4.98. The summed E-state index contributed by atoms with van der Waals surface area (Å²) in [5.41, 5.74) is 0.442. The Morgan fingerprint density at radius 3 is 2.65 bits per heavy atom.